The Bertz CT molecular complexity index is 1620. The zero-order valence-corrected chi connectivity index (χ0v) is 24.5. The van der Waals surface area contributed by atoms with E-state index in [1.54, 1.807) is 97.1 Å². The van der Waals surface area contributed by atoms with Crippen LogP contribution in [0.2, 0.25) is 5.02 Å². The number of unbranched alkanes of at least 4 members (excludes halogenated alkanes) is 1. The van der Waals surface area contributed by atoms with Crippen LogP contribution in [0.25, 0.3) is 0 Å². The third kappa shape index (κ3) is 7.34. The van der Waals surface area contributed by atoms with Gasteiger partial charge in [0.05, 0.1) is 28.4 Å². The first-order chi connectivity index (χ1) is 19.7. The number of halogens is 1. The number of anilines is 2. The molecule has 0 aliphatic carbocycles. The summed E-state index contributed by atoms with van der Waals surface area (Å²) in [5.74, 6) is -0.634. The van der Waals surface area contributed by atoms with Gasteiger partial charge in [-0.2, -0.15) is 0 Å². The monoisotopic (exact) mass is 589 g/mol. The Morgan fingerprint density at radius 1 is 0.854 bits per heavy atom. The Labute approximate surface area is 246 Å². The van der Waals surface area contributed by atoms with Crippen molar-refractivity contribution in [2.75, 3.05) is 16.2 Å². The van der Waals surface area contributed by atoms with Crippen molar-refractivity contribution in [1.29, 1.82) is 0 Å². The largest absolute Gasteiger partial charge is 0.352 e. The van der Waals surface area contributed by atoms with E-state index in [-0.39, 0.29) is 23.3 Å². The fourth-order valence-corrected chi connectivity index (χ4v) is 5.95. The number of aryl methyl sites for hydroxylation is 1. The van der Waals surface area contributed by atoms with Gasteiger partial charge >= 0.3 is 0 Å². The number of rotatable bonds is 11. The molecule has 2 N–H and O–H groups in total. The summed E-state index contributed by atoms with van der Waals surface area (Å²) in [4.78, 5) is 25.9. The molecule has 41 heavy (non-hydrogen) atoms. The molecule has 4 aromatic rings. The Hall–Kier alpha value is -4.14. The Balaban J connectivity index is 1.57. The van der Waals surface area contributed by atoms with Crippen molar-refractivity contribution < 1.29 is 18.0 Å². The highest BCUT2D eigenvalue weighted by Crippen LogP contribution is 2.31. The highest BCUT2D eigenvalue weighted by molar-refractivity contribution is 7.92. The van der Waals surface area contributed by atoms with Crippen LogP contribution in [0.4, 0.5) is 11.4 Å². The fourth-order valence-electron chi connectivity index (χ4n) is 4.26. The molecule has 4 aromatic carbocycles. The molecule has 2 amide bonds. The van der Waals surface area contributed by atoms with Crippen LogP contribution in [0.15, 0.2) is 102 Å². The number of amides is 2. The van der Waals surface area contributed by atoms with Gasteiger partial charge < -0.3 is 10.6 Å². The van der Waals surface area contributed by atoms with Crippen LogP contribution in [-0.2, 0) is 16.6 Å². The lowest BCUT2D eigenvalue weighted by Gasteiger charge is -2.26. The van der Waals surface area contributed by atoms with Crippen molar-refractivity contribution in [2.24, 2.45) is 0 Å². The minimum atomic E-state index is -3.92. The molecule has 0 unspecified atom stereocenters. The second kappa shape index (κ2) is 13.5. The van der Waals surface area contributed by atoms with E-state index in [1.165, 1.54) is 4.31 Å². The molecule has 0 atom stereocenters. The van der Waals surface area contributed by atoms with E-state index >= 15 is 0 Å². The Morgan fingerprint density at radius 3 is 2.24 bits per heavy atom. The minimum absolute atomic E-state index is 0.0288. The van der Waals surface area contributed by atoms with Crippen LogP contribution in [0.3, 0.4) is 0 Å². The lowest BCUT2D eigenvalue weighted by molar-refractivity contribution is 0.0954. The van der Waals surface area contributed by atoms with E-state index in [0.29, 0.717) is 39.6 Å². The number of sulfonamides is 1. The summed E-state index contributed by atoms with van der Waals surface area (Å²) in [5, 5.41) is 6.12. The topological polar surface area (TPSA) is 95.6 Å². The van der Waals surface area contributed by atoms with Crippen molar-refractivity contribution in [3.05, 3.63) is 124 Å². The van der Waals surface area contributed by atoms with Crippen LogP contribution in [0.1, 0.15) is 51.6 Å². The summed E-state index contributed by atoms with van der Waals surface area (Å²) in [6.45, 7) is 4.46. The smallest absolute Gasteiger partial charge is 0.264 e. The Kier molecular flexibility index (Phi) is 9.81. The average Bonchev–Trinajstić information content (AvgIpc) is 2.98. The molecule has 0 bridgehead atoms. The Morgan fingerprint density at radius 2 is 1.54 bits per heavy atom. The van der Waals surface area contributed by atoms with Gasteiger partial charge in [0.2, 0.25) is 0 Å². The lowest BCUT2D eigenvalue weighted by atomic mass is 10.1. The summed E-state index contributed by atoms with van der Waals surface area (Å²) >= 11 is 6.25. The third-order valence-electron chi connectivity index (χ3n) is 6.55. The fraction of sp³-hybridized carbons (Fsp3) is 0.188. The van der Waals surface area contributed by atoms with Gasteiger partial charge in [-0.15, -0.1) is 0 Å². The van der Waals surface area contributed by atoms with Crippen LogP contribution in [0.5, 0.6) is 0 Å². The van der Waals surface area contributed by atoms with Gasteiger partial charge in [-0.05, 0) is 73.0 Å². The molecular weight excluding hydrogens is 558 g/mol. The average molecular weight is 590 g/mol. The molecular formula is C32H32ClN3O4S. The first-order valence-corrected chi connectivity index (χ1v) is 15.1. The number of hydrogen-bond donors (Lipinski definition) is 2. The van der Waals surface area contributed by atoms with Crippen molar-refractivity contribution in [2.45, 2.75) is 38.1 Å². The molecule has 0 saturated carbocycles. The maximum Gasteiger partial charge on any atom is 0.264 e. The van der Waals surface area contributed by atoms with Gasteiger partial charge in [0, 0.05) is 17.1 Å². The molecule has 0 radical (unpaired) electrons. The van der Waals surface area contributed by atoms with E-state index < -0.39 is 10.0 Å². The summed E-state index contributed by atoms with van der Waals surface area (Å²) in [5.41, 5.74) is 3.06. The number of hydrogen-bond acceptors (Lipinski definition) is 4. The molecule has 0 aliphatic heterocycles. The predicted octanol–water partition coefficient (Wildman–Crippen LogP) is 6.83. The quantitative estimate of drug-likeness (QED) is 0.188. The van der Waals surface area contributed by atoms with Gasteiger partial charge in [-0.1, -0.05) is 73.5 Å². The van der Waals surface area contributed by atoms with E-state index in [0.717, 1.165) is 18.4 Å². The van der Waals surface area contributed by atoms with E-state index in [1.807, 2.05) is 13.8 Å². The van der Waals surface area contributed by atoms with Crippen molar-refractivity contribution in [3.63, 3.8) is 0 Å². The SMILES string of the molecule is CCCCNC(=O)c1ccccc1NC(=O)c1ccc(CN(c2cc(Cl)ccc2C)S(=O)(=O)c2ccccc2)cc1. The second-order valence-corrected chi connectivity index (χ2v) is 11.9. The summed E-state index contributed by atoms with van der Waals surface area (Å²) in [6.07, 6.45) is 1.83. The first-order valence-electron chi connectivity index (χ1n) is 13.3. The van der Waals surface area contributed by atoms with Crippen LogP contribution in [0, 0.1) is 6.92 Å². The highest BCUT2D eigenvalue weighted by Gasteiger charge is 2.26. The summed E-state index contributed by atoms with van der Waals surface area (Å²) in [6, 6.07) is 26.9. The van der Waals surface area contributed by atoms with Crippen LogP contribution < -0.4 is 14.9 Å². The van der Waals surface area contributed by atoms with Gasteiger partial charge in [-0.3, -0.25) is 13.9 Å². The molecule has 0 saturated heterocycles. The number of carbonyl (C=O) groups excluding carboxylic acids is 2. The summed E-state index contributed by atoms with van der Waals surface area (Å²) < 4.78 is 28.8. The maximum atomic E-state index is 13.7. The molecule has 0 spiro atoms. The molecule has 0 heterocycles. The first kappa shape index (κ1) is 29.8. The van der Waals surface area contributed by atoms with Gasteiger partial charge in [0.1, 0.15) is 0 Å². The number of carbonyl (C=O) groups is 2. The van der Waals surface area contributed by atoms with Gasteiger partial charge in [0.25, 0.3) is 21.8 Å². The zero-order chi connectivity index (χ0) is 29.4. The highest BCUT2D eigenvalue weighted by atomic mass is 35.5. The molecule has 7 nitrogen and oxygen atoms in total. The molecule has 9 heteroatoms. The molecule has 0 aromatic heterocycles. The summed E-state index contributed by atoms with van der Waals surface area (Å²) in [7, 11) is -3.92. The lowest BCUT2D eigenvalue weighted by Crippen LogP contribution is -2.31. The minimum Gasteiger partial charge on any atom is -0.352 e. The second-order valence-electron chi connectivity index (χ2n) is 9.56. The third-order valence-corrected chi connectivity index (χ3v) is 8.56. The van der Waals surface area contributed by atoms with E-state index in [2.05, 4.69) is 10.6 Å². The van der Waals surface area contributed by atoms with Gasteiger partial charge in [0.15, 0.2) is 0 Å². The zero-order valence-electron chi connectivity index (χ0n) is 22.9. The molecule has 0 aliphatic rings. The number of nitrogens with one attached hydrogen (secondary N) is 2. The van der Waals surface area contributed by atoms with E-state index in [4.69, 9.17) is 11.6 Å². The number of nitrogens with zero attached hydrogens (tertiary/aromatic N) is 1. The van der Waals surface area contributed by atoms with Crippen molar-refractivity contribution in [3.8, 4) is 0 Å². The van der Waals surface area contributed by atoms with Crippen molar-refractivity contribution >= 4 is 44.8 Å². The number of para-hydroxylation sites is 1. The molecule has 212 valence electrons. The van der Waals surface area contributed by atoms with Gasteiger partial charge in [-0.25, -0.2) is 8.42 Å². The normalized spacial score (nSPS) is 11.1. The molecule has 4 rings (SSSR count). The maximum absolute atomic E-state index is 13.7. The van der Waals surface area contributed by atoms with Crippen LogP contribution >= 0.6 is 11.6 Å². The van der Waals surface area contributed by atoms with Crippen LogP contribution in [-0.4, -0.2) is 26.8 Å². The van der Waals surface area contributed by atoms with E-state index in [9.17, 15) is 18.0 Å². The number of benzene rings is 4. The predicted molar refractivity (Wildman–Crippen MR) is 164 cm³/mol. The molecule has 0 fully saturated rings. The standard InChI is InChI=1S/C32H32ClN3O4S/c1-3-4-20-34-32(38)28-12-8-9-13-29(28)35-31(37)25-17-15-24(16-18-25)22-36(30-21-26(33)19-14-23(30)2)41(39,40)27-10-6-5-7-11-27/h5-19,21H,3-4,20,22H2,1-2H3,(H,34,38)(H,35,37). The van der Waals surface area contributed by atoms with Crippen molar-refractivity contribution in [1.82, 2.24) is 5.32 Å².